The number of aliphatic imine (C=N–C) groups is 1. The molecule has 0 aliphatic rings. The van der Waals surface area contributed by atoms with E-state index >= 15 is 0 Å². The molecular weight excluding hydrogens is 524 g/mol. The van der Waals surface area contributed by atoms with E-state index in [1.165, 1.54) is 19.2 Å². The fourth-order valence-electron chi connectivity index (χ4n) is 2.53. The van der Waals surface area contributed by atoms with Gasteiger partial charge >= 0.3 is 6.18 Å². The quantitative estimate of drug-likeness (QED) is 0.202. The number of guanidine groups is 1. The Balaban J connectivity index is 0.00000480. The van der Waals surface area contributed by atoms with Gasteiger partial charge in [0.2, 0.25) is 0 Å². The van der Waals surface area contributed by atoms with E-state index in [4.69, 9.17) is 4.74 Å². The Kier molecular flexibility index (Phi) is 11.2. The number of rotatable bonds is 8. The largest absolute Gasteiger partial charge is 0.497 e. The van der Waals surface area contributed by atoms with E-state index < -0.39 is 11.7 Å². The molecule has 1 amide bonds. The Morgan fingerprint density at radius 1 is 1.03 bits per heavy atom. The molecule has 10 heteroatoms. The van der Waals surface area contributed by atoms with E-state index in [1.807, 2.05) is 6.92 Å². The van der Waals surface area contributed by atoms with Gasteiger partial charge in [0.1, 0.15) is 5.75 Å². The fourth-order valence-corrected chi connectivity index (χ4v) is 2.53. The molecule has 0 heterocycles. The molecule has 0 aliphatic heterocycles. The van der Waals surface area contributed by atoms with Gasteiger partial charge in [-0.15, -0.1) is 24.0 Å². The van der Waals surface area contributed by atoms with Gasteiger partial charge in [-0.25, -0.2) is 4.99 Å². The van der Waals surface area contributed by atoms with Gasteiger partial charge in [-0.3, -0.25) is 4.79 Å². The highest BCUT2D eigenvalue weighted by Gasteiger charge is 2.29. The molecule has 0 spiro atoms. The molecule has 0 bridgehead atoms. The van der Waals surface area contributed by atoms with E-state index in [2.05, 4.69) is 20.9 Å². The van der Waals surface area contributed by atoms with Crippen LogP contribution < -0.4 is 20.7 Å². The van der Waals surface area contributed by atoms with Crippen molar-refractivity contribution in [1.29, 1.82) is 0 Å². The highest BCUT2D eigenvalue weighted by molar-refractivity contribution is 14.0. The van der Waals surface area contributed by atoms with Crippen molar-refractivity contribution in [2.45, 2.75) is 19.6 Å². The topological polar surface area (TPSA) is 74.8 Å². The Labute approximate surface area is 196 Å². The summed E-state index contributed by atoms with van der Waals surface area (Å²) in [6.07, 6.45) is -4.35. The van der Waals surface area contributed by atoms with Gasteiger partial charge in [0.25, 0.3) is 5.91 Å². The third kappa shape index (κ3) is 9.03. The zero-order valence-corrected chi connectivity index (χ0v) is 19.6. The molecule has 2 aromatic carbocycles. The van der Waals surface area contributed by atoms with Gasteiger partial charge in [0.15, 0.2) is 5.96 Å². The Bertz CT molecular complexity index is 858. The number of halogens is 4. The van der Waals surface area contributed by atoms with Gasteiger partial charge in [-0.05, 0) is 42.8 Å². The average molecular weight is 550 g/mol. The maximum absolute atomic E-state index is 12.6. The van der Waals surface area contributed by atoms with Crippen LogP contribution in [0.25, 0.3) is 0 Å². The first-order valence-electron chi connectivity index (χ1n) is 9.44. The van der Waals surface area contributed by atoms with Crippen LogP contribution >= 0.6 is 24.0 Å². The van der Waals surface area contributed by atoms with Gasteiger partial charge in [0.05, 0.1) is 19.2 Å². The zero-order valence-electron chi connectivity index (χ0n) is 17.3. The molecule has 31 heavy (non-hydrogen) atoms. The molecule has 6 nitrogen and oxygen atoms in total. The van der Waals surface area contributed by atoms with Crippen molar-refractivity contribution < 1.29 is 22.7 Å². The molecule has 0 radical (unpaired) electrons. The number of ether oxygens (including phenoxy) is 1. The number of methoxy groups -OCH3 is 1. The Hall–Kier alpha value is -2.50. The number of hydrogen-bond donors (Lipinski definition) is 3. The Morgan fingerprint density at radius 3 is 2.32 bits per heavy atom. The predicted molar refractivity (Wildman–Crippen MR) is 125 cm³/mol. The first-order valence-corrected chi connectivity index (χ1v) is 9.44. The van der Waals surface area contributed by atoms with E-state index in [0.29, 0.717) is 42.5 Å². The summed E-state index contributed by atoms with van der Waals surface area (Å²) < 4.78 is 43.0. The maximum atomic E-state index is 12.6. The van der Waals surface area contributed by atoms with E-state index in [0.717, 1.165) is 12.1 Å². The van der Waals surface area contributed by atoms with Crippen molar-refractivity contribution in [2.24, 2.45) is 4.99 Å². The molecule has 0 aromatic heterocycles. The van der Waals surface area contributed by atoms with Crippen molar-refractivity contribution in [1.82, 2.24) is 16.0 Å². The number of alkyl halides is 3. The van der Waals surface area contributed by atoms with Crippen LogP contribution in [0.1, 0.15) is 28.4 Å². The molecule has 3 N–H and O–H groups in total. The fraction of sp³-hybridized carbons (Fsp3) is 0.333. The normalized spacial score (nSPS) is 11.3. The second kappa shape index (κ2) is 13.0. The molecule has 0 saturated carbocycles. The first kappa shape index (κ1) is 26.5. The number of hydrogen-bond acceptors (Lipinski definition) is 3. The number of benzene rings is 2. The highest BCUT2D eigenvalue weighted by Crippen LogP contribution is 2.29. The minimum atomic E-state index is -4.35. The zero-order chi connectivity index (χ0) is 22.0. The van der Waals surface area contributed by atoms with Gasteiger partial charge in [-0.2, -0.15) is 13.2 Å². The molecule has 0 saturated heterocycles. The van der Waals surface area contributed by atoms with Crippen LogP contribution in [0.5, 0.6) is 5.75 Å². The molecule has 0 atom stereocenters. The lowest BCUT2D eigenvalue weighted by Gasteiger charge is -2.12. The maximum Gasteiger partial charge on any atom is 0.416 e. The van der Waals surface area contributed by atoms with Gasteiger partial charge < -0.3 is 20.7 Å². The smallest absolute Gasteiger partial charge is 0.416 e. The summed E-state index contributed by atoms with van der Waals surface area (Å²) >= 11 is 0. The molecule has 2 rings (SSSR count). The average Bonchev–Trinajstić information content (AvgIpc) is 2.74. The summed E-state index contributed by atoms with van der Waals surface area (Å²) in [5, 5.41) is 8.92. The predicted octanol–water partition coefficient (Wildman–Crippen LogP) is 3.82. The van der Waals surface area contributed by atoms with Crippen LogP contribution in [-0.2, 0) is 12.7 Å². The highest BCUT2D eigenvalue weighted by atomic mass is 127. The van der Waals surface area contributed by atoms with E-state index in [9.17, 15) is 18.0 Å². The van der Waals surface area contributed by atoms with Crippen molar-refractivity contribution in [3.05, 3.63) is 65.2 Å². The minimum Gasteiger partial charge on any atom is -0.497 e. The lowest BCUT2D eigenvalue weighted by atomic mass is 10.1. The number of carbonyl (C=O) groups excluding carboxylic acids is 1. The van der Waals surface area contributed by atoms with Gasteiger partial charge in [0, 0.05) is 25.2 Å². The Morgan fingerprint density at radius 2 is 1.71 bits per heavy atom. The van der Waals surface area contributed by atoms with Crippen molar-refractivity contribution in [3.63, 3.8) is 0 Å². The van der Waals surface area contributed by atoms with Gasteiger partial charge in [-0.1, -0.05) is 18.2 Å². The molecule has 0 fully saturated rings. The van der Waals surface area contributed by atoms with Crippen molar-refractivity contribution >= 4 is 35.8 Å². The van der Waals surface area contributed by atoms with E-state index in [-0.39, 0.29) is 36.4 Å². The number of carbonyl (C=O) groups is 1. The van der Waals surface area contributed by atoms with E-state index in [1.54, 1.807) is 24.3 Å². The van der Waals surface area contributed by atoms with Crippen LogP contribution in [0.4, 0.5) is 13.2 Å². The summed E-state index contributed by atoms with van der Waals surface area (Å²) in [6.45, 7) is 3.54. The second-order valence-corrected chi connectivity index (χ2v) is 6.30. The standard InChI is InChI=1S/C21H25F3N4O2.HI/c1-3-25-20(28-14-15-7-9-17(10-8-15)21(22,23)24)27-12-11-26-19(29)16-5-4-6-18(13-16)30-2;/h4-10,13H,3,11-12,14H2,1-2H3,(H,26,29)(H2,25,27,28);1H. The SMILES string of the molecule is CCNC(=NCc1ccc(C(F)(F)F)cc1)NCCNC(=O)c1cccc(OC)c1.I. The van der Waals surface area contributed by atoms with Crippen LogP contribution in [0.3, 0.4) is 0 Å². The third-order valence-corrected chi connectivity index (χ3v) is 4.08. The number of nitrogens with zero attached hydrogens (tertiary/aromatic N) is 1. The lowest BCUT2D eigenvalue weighted by molar-refractivity contribution is -0.137. The minimum absolute atomic E-state index is 0. The monoisotopic (exact) mass is 550 g/mol. The second-order valence-electron chi connectivity index (χ2n) is 6.30. The van der Waals surface area contributed by atoms with Crippen LogP contribution in [0.2, 0.25) is 0 Å². The van der Waals surface area contributed by atoms with Crippen molar-refractivity contribution in [2.75, 3.05) is 26.7 Å². The molecular formula is C21H26F3IN4O2. The summed E-state index contributed by atoms with van der Waals surface area (Å²) in [4.78, 5) is 16.5. The van der Waals surface area contributed by atoms with Crippen LogP contribution in [0, 0.1) is 0 Å². The first-order chi connectivity index (χ1) is 14.3. The molecule has 2 aromatic rings. The lowest BCUT2D eigenvalue weighted by Crippen LogP contribution is -2.41. The van der Waals surface area contributed by atoms with Crippen LogP contribution in [-0.4, -0.2) is 38.6 Å². The summed E-state index contributed by atoms with van der Waals surface area (Å²) in [5.74, 6) is 0.890. The molecule has 0 unspecified atom stereocenters. The van der Waals surface area contributed by atoms with Crippen molar-refractivity contribution in [3.8, 4) is 5.75 Å². The summed E-state index contributed by atoms with van der Waals surface area (Å²) in [6, 6.07) is 11.7. The molecule has 0 aliphatic carbocycles. The summed E-state index contributed by atoms with van der Waals surface area (Å²) in [5.41, 5.74) is 0.468. The summed E-state index contributed by atoms with van der Waals surface area (Å²) in [7, 11) is 1.53. The number of nitrogens with one attached hydrogen (secondary N) is 3. The third-order valence-electron chi connectivity index (χ3n) is 4.08. The van der Waals surface area contributed by atoms with Crippen LogP contribution in [0.15, 0.2) is 53.5 Å². The molecule has 170 valence electrons. The number of amides is 1.